The van der Waals surface area contributed by atoms with E-state index in [1.54, 1.807) is 17.9 Å². The van der Waals surface area contributed by atoms with E-state index in [2.05, 4.69) is 0 Å². The molecule has 7 nitrogen and oxygen atoms in total. The first-order valence-corrected chi connectivity index (χ1v) is 12.6. The number of carbonyl (C=O) groups is 2. The van der Waals surface area contributed by atoms with Crippen LogP contribution in [0.4, 0.5) is 5.69 Å². The Morgan fingerprint density at radius 3 is 2.66 bits per heavy atom. The van der Waals surface area contributed by atoms with E-state index in [1.165, 1.54) is 18.2 Å². The van der Waals surface area contributed by atoms with Crippen molar-refractivity contribution < 1.29 is 19.4 Å². The SMILES string of the molecule is COc1ccccc1N=C1S/C(=C/c2cn(CC(=O)O)c3ccccc23)C(=O)N1C1CCCCC1. The summed E-state index contributed by atoms with van der Waals surface area (Å²) < 4.78 is 7.19. The number of rotatable bonds is 6. The van der Waals surface area contributed by atoms with Gasteiger partial charge in [0, 0.05) is 28.7 Å². The second-order valence-electron chi connectivity index (χ2n) is 8.77. The molecule has 180 valence electrons. The van der Waals surface area contributed by atoms with Gasteiger partial charge < -0.3 is 14.4 Å². The van der Waals surface area contributed by atoms with Gasteiger partial charge in [-0.2, -0.15) is 0 Å². The molecule has 0 unspecified atom stereocenters. The molecular formula is C27H27N3O4S. The zero-order valence-corrected chi connectivity index (χ0v) is 20.3. The summed E-state index contributed by atoms with van der Waals surface area (Å²) in [7, 11) is 1.61. The van der Waals surface area contributed by atoms with E-state index in [0.29, 0.717) is 21.5 Å². The minimum atomic E-state index is -0.911. The predicted octanol–water partition coefficient (Wildman–Crippen LogP) is 5.67. The molecule has 1 saturated heterocycles. The number of hydrogen-bond acceptors (Lipinski definition) is 5. The van der Waals surface area contributed by atoms with E-state index in [-0.39, 0.29) is 18.5 Å². The van der Waals surface area contributed by atoms with Gasteiger partial charge in [-0.25, -0.2) is 4.99 Å². The molecule has 35 heavy (non-hydrogen) atoms. The van der Waals surface area contributed by atoms with Crippen molar-refractivity contribution in [3.8, 4) is 5.75 Å². The fourth-order valence-electron chi connectivity index (χ4n) is 4.86. The van der Waals surface area contributed by atoms with Gasteiger partial charge in [0.25, 0.3) is 5.91 Å². The van der Waals surface area contributed by atoms with Crippen molar-refractivity contribution in [2.75, 3.05) is 7.11 Å². The van der Waals surface area contributed by atoms with Gasteiger partial charge in [-0.3, -0.25) is 14.5 Å². The number of carbonyl (C=O) groups excluding carboxylic acids is 1. The zero-order valence-electron chi connectivity index (χ0n) is 19.5. The van der Waals surface area contributed by atoms with Crippen LogP contribution < -0.4 is 4.74 Å². The number of ether oxygens (including phenoxy) is 1. The third-order valence-electron chi connectivity index (χ3n) is 6.49. The number of hydrogen-bond donors (Lipinski definition) is 1. The van der Waals surface area contributed by atoms with Crippen LogP contribution in [0.15, 0.2) is 64.6 Å². The summed E-state index contributed by atoms with van der Waals surface area (Å²) >= 11 is 1.37. The number of aliphatic imine (C=N–C) groups is 1. The summed E-state index contributed by atoms with van der Waals surface area (Å²) in [6, 6.07) is 15.3. The van der Waals surface area contributed by atoms with Crippen LogP contribution in [0.1, 0.15) is 37.7 Å². The monoisotopic (exact) mass is 489 g/mol. The van der Waals surface area contributed by atoms with Crippen LogP contribution in [-0.4, -0.2) is 44.8 Å². The molecule has 2 fully saturated rings. The Morgan fingerprint density at radius 1 is 1.14 bits per heavy atom. The predicted molar refractivity (Wildman–Crippen MR) is 139 cm³/mol. The van der Waals surface area contributed by atoms with Crippen LogP contribution >= 0.6 is 11.8 Å². The number of amidine groups is 1. The normalized spacial score (nSPS) is 19.2. The number of benzene rings is 2. The van der Waals surface area contributed by atoms with E-state index in [4.69, 9.17) is 9.73 Å². The Morgan fingerprint density at radius 2 is 1.89 bits per heavy atom. The second-order valence-corrected chi connectivity index (χ2v) is 9.78. The van der Waals surface area contributed by atoms with Gasteiger partial charge >= 0.3 is 5.97 Å². The maximum Gasteiger partial charge on any atom is 0.323 e. The quantitative estimate of drug-likeness (QED) is 0.451. The lowest BCUT2D eigenvalue weighted by Gasteiger charge is -2.30. The number of carboxylic acid groups (broad SMARTS) is 1. The molecule has 0 radical (unpaired) electrons. The largest absolute Gasteiger partial charge is 0.494 e. The summed E-state index contributed by atoms with van der Waals surface area (Å²) in [6.07, 6.45) is 8.99. The molecule has 1 N–H and O–H groups in total. The van der Waals surface area contributed by atoms with Gasteiger partial charge in [0.2, 0.25) is 0 Å². The Balaban J connectivity index is 1.57. The van der Waals surface area contributed by atoms with E-state index < -0.39 is 5.97 Å². The lowest BCUT2D eigenvalue weighted by atomic mass is 9.94. The summed E-state index contributed by atoms with van der Waals surface area (Å²) in [5.74, 6) is -0.303. The third kappa shape index (κ3) is 4.71. The fourth-order valence-corrected chi connectivity index (χ4v) is 5.90. The van der Waals surface area contributed by atoms with Gasteiger partial charge in [0.1, 0.15) is 18.0 Å². The summed E-state index contributed by atoms with van der Waals surface area (Å²) in [5.41, 5.74) is 2.33. The lowest BCUT2D eigenvalue weighted by molar-refractivity contribution is -0.137. The molecule has 1 amide bonds. The molecular weight excluding hydrogens is 462 g/mol. The molecule has 1 aliphatic carbocycles. The number of para-hydroxylation sites is 3. The number of aromatic nitrogens is 1. The van der Waals surface area contributed by atoms with Crippen LogP contribution in [0.5, 0.6) is 5.75 Å². The highest BCUT2D eigenvalue weighted by molar-refractivity contribution is 8.18. The number of thioether (sulfide) groups is 1. The van der Waals surface area contributed by atoms with Crippen LogP contribution in [-0.2, 0) is 16.1 Å². The van der Waals surface area contributed by atoms with Gasteiger partial charge in [-0.05, 0) is 48.9 Å². The Hall–Kier alpha value is -3.52. The number of amides is 1. The number of methoxy groups -OCH3 is 1. The standard InChI is InChI=1S/C27H27N3O4S/c1-34-23-14-8-6-12-21(23)28-27-30(19-9-3-2-4-10-19)26(33)24(35-27)15-18-16-29(17-25(31)32)22-13-7-5-11-20(18)22/h5-8,11-16,19H,2-4,9-10,17H2,1H3,(H,31,32)/b24-15+,28-27?. The van der Waals surface area contributed by atoms with Gasteiger partial charge in [-0.15, -0.1) is 0 Å². The maximum absolute atomic E-state index is 13.7. The van der Waals surface area contributed by atoms with Gasteiger partial charge in [0.15, 0.2) is 5.17 Å². The summed E-state index contributed by atoms with van der Waals surface area (Å²) in [6.45, 7) is -0.139. The molecule has 0 atom stereocenters. The molecule has 3 aromatic rings. The highest BCUT2D eigenvalue weighted by atomic mass is 32.2. The first-order valence-electron chi connectivity index (χ1n) is 11.8. The summed E-state index contributed by atoms with van der Waals surface area (Å²) in [4.78, 5) is 32.4. The Bertz CT molecular complexity index is 1340. The third-order valence-corrected chi connectivity index (χ3v) is 7.47. The number of fused-ring (bicyclic) bond motifs is 1. The highest BCUT2D eigenvalue weighted by Gasteiger charge is 2.39. The van der Waals surface area contributed by atoms with Gasteiger partial charge in [-0.1, -0.05) is 49.6 Å². The lowest BCUT2D eigenvalue weighted by Crippen LogP contribution is -2.40. The van der Waals surface area contributed by atoms with E-state index in [9.17, 15) is 14.7 Å². The van der Waals surface area contributed by atoms with Crippen LogP contribution in [0.2, 0.25) is 0 Å². The molecule has 0 bridgehead atoms. The molecule has 2 aliphatic rings. The molecule has 0 spiro atoms. The first-order chi connectivity index (χ1) is 17.0. The molecule has 2 aromatic carbocycles. The zero-order chi connectivity index (χ0) is 24.4. The van der Waals surface area contributed by atoms with Crippen molar-refractivity contribution in [1.82, 2.24) is 9.47 Å². The van der Waals surface area contributed by atoms with Crippen molar-refractivity contribution in [3.05, 3.63) is 65.2 Å². The van der Waals surface area contributed by atoms with Crippen molar-refractivity contribution in [1.29, 1.82) is 0 Å². The molecule has 1 aromatic heterocycles. The molecule has 8 heteroatoms. The molecule has 1 saturated carbocycles. The van der Waals surface area contributed by atoms with Crippen LogP contribution in [0, 0.1) is 0 Å². The smallest absolute Gasteiger partial charge is 0.323 e. The average Bonchev–Trinajstić information content (AvgIpc) is 3.36. The minimum Gasteiger partial charge on any atom is -0.494 e. The second kappa shape index (κ2) is 10.00. The van der Waals surface area contributed by atoms with E-state index in [0.717, 1.165) is 42.1 Å². The fraction of sp³-hybridized carbons (Fsp3) is 0.296. The summed E-state index contributed by atoms with van der Waals surface area (Å²) in [5, 5.41) is 10.9. The average molecular weight is 490 g/mol. The van der Waals surface area contributed by atoms with Gasteiger partial charge in [0.05, 0.1) is 12.0 Å². The highest BCUT2D eigenvalue weighted by Crippen LogP contribution is 2.40. The van der Waals surface area contributed by atoms with Crippen molar-refractivity contribution in [2.45, 2.75) is 44.7 Å². The molecule has 5 rings (SSSR count). The minimum absolute atomic E-state index is 0.0504. The molecule has 2 heterocycles. The van der Waals surface area contributed by atoms with E-state index in [1.807, 2.05) is 59.5 Å². The van der Waals surface area contributed by atoms with Crippen LogP contribution in [0.3, 0.4) is 0 Å². The maximum atomic E-state index is 13.7. The molecule has 1 aliphatic heterocycles. The Kier molecular flexibility index (Phi) is 6.63. The number of carboxylic acids is 1. The van der Waals surface area contributed by atoms with E-state index >= 15 is 0 Å². The van der Waals surface area contributed by atoms with Crippen molar-refractivity contribution in [3.63, 3.8) is 0 Å². The Labute approximate surface area is 208 Å². The number of nitrogens with zero attached hydrogens (tertiary/aromatic N) is 3. The number of aliphatic carboxylic acids is 1. The topological polar surface area (TPSA) is 84.1 Å². The first kappa shape index (κ1) is 23.2. The van der Waals surface area contributed by atoms with Crippen molar-refractivity contribution >= 4 is 51.5 Å². The van der Waals surface area contributed by atoms with Crippen LogP contribution in [0.25, 0.3) is 17.0 Å². The van der Waals surface area contributed by atoms with Crippen molar-refractivity contribution in [2.24, 2.45) is 4.99 Å².